The highest BCUT2D eigenvalue weighted by Crippen LogP contribution is 2.28. The average Bonchev–Trinajstić information content (AvgIpc) is 2.47. The third-order valence-electron chi connectivity index (χ3n) is 3.65. The van der Waals surface area contributed by atoms with Crippen LogP contribution in [0, 0.1) is 13.8 Å². The molecule has 21 heavy (non-hydrogen) atoms. The SMILES string of the molecule is COc1ccc(C(O)Cc2cc(C)ccc2OC)cc1C. The van der Waals surface area contributed by atoms with Crippen LogP contribution in [0.2, 0.25) is 0 Å². The van der Waals surface area contributed by atoms with Gasteiger partial charge < -0.3 is 14.6 Å². The Morgan fingerprint density at radius 2 is 1.62 bits per heavy atom. The van der Waals surface area contributed by atoms with Crippen LogP contribution in [0.1, 0.15) is 28.4 Å². The van der Waals surface area contributed by atoms with Crippen LogP contribution >= 0.6 is 0 Å². The number of aliphatic hydroxyl groups is 1. The van der Waals surface area contributed by atoms with Crippen molar-refractivity contribution in [3.05, 3.63) is 58.7 Å². The largest absolute Gasteiger partial charge is 0.496 e. The summed E-state index contributed by atoms with van der Waals surface area (Å²) in [5.74, 6) is 1.64. The molecular weight excluding hydrogens is 264 g/mol. The minimum absolute atomic E-state index is 0.524. The van der Waals surface area contributed by atoms with Gasteiger partial charge in [-0.05, 0) is 48.7 Å². The third-order valence-corrected chi connectivity index (χ3v) is 3.65. The molecule has 0 fully saturated rings. The van der Waals surface area contributed by atoms with Crippen LogP contribution in [-0.4, -0.2) is 19.3 Å². The van der Waals surface area contributed by atoms with E-state index in [-0.39, 0.29) is 0 Å². The fraction of sp³-hybridized carbons (Fsp3) is 0.333. The summed E-state index contributed by atoms with van der Waals surface area (Å²) in [6.07, 6.45) is -0.0401. The lowest BCUT2D eigenvalue weighted by atomic mass is 9.98. The standard InChI is InChI=1S/C18H22O3/c1-12-5-7-18(21-4)15(9-12)11-16(19)14-6-8-17(20-3)13(2)10-14/h5-10,16,19H,11H2,1-4H3. The van der Waals surface area contributed by atoms with E-state index in [0.717, 1.165) is 33.8 Å². The molecule has 2 rings (SSSR count). The first-order valence-electron chi connectivity index (χ1n) is 7.01. The summed E-state index contributed by atoms with van der Waals surface area (Å²) in [6.45, 7) is 4.01. The molecule has 0 aromatic heterocycles. The van der Waals surface area contributed by atoms with Crippen molar-refractivity contribution in [2.24, 2.45) is 0 Å². The number of benzene rings is 2. The molecule has 3 heteroatoms. The summed E-state index contributed by atoms with van der Waals surface area (Å²) < 4.78 is 10.6. The molecule has 0 saturated heterocycles. The van der Waals surface area contributed by atoms with Crippen LogP contribution in [0.4, 0.5) is 0 Å². The van der Waals surface area contributed by atoms with Crippen LogP contribution in [0.25, 0.3) is 0 Å². The first-order valence-corrected chi connectivity index (χ1v) is 7.01. The number of aryl methyl sites for hydroxylation is 2. The van der Waals surface area contributed by atoms with Gasteiger partial charge in [0, 0.05) is 6.42 Å². The molecule has 0 radical (unpaired) electrons. The molecule has 1 unspecified atom stereocenters. The van der Waals surface area contributed by atoms with Gasteiger partial charge in [0.1, 0.15) is 11.5 Å². The normalized spacial score (nSPS) is 12.0. The fourth-order valence-electron chi connectivity index (χ4n) is 2.50. The monoisotopic (exact) mass is 286 g/mol. The molecule has 1 N–H and O–H groups in total. The van der Waals surface area contributed by atoms with E-state index in [1.165, 1.54) is 0 Å². The van der Waals surface area contributed by atoms with Crippen molar-refractivity contribution in [1.29, 1.82) is 0 Å². The van der Waals surface area contributed by atoms with E-state index in [4.69, 9.17) is 9.47 Å². The van der Waals surface area contributed by atoms with Crippen molar-refractivity contribution < 1.29 is 14.6 Å². The summed E-state index contributed by atoms with van der Waals surface area (Å²) in [7, 11) is 3.30. The summed E-state index contributed by atoms with van der Waals surface area (Å²) in [4.78, 5) is 0. The number of methoxy groups -OCH3 is 2. The van der Waals surface area contributed by atoms with Gasteiger partial charge in [-0.15, -0.1) is 0 Å². The van der Waals surface area contributed by atoms with Gasteiger partial charge in [0.2, 0.25) is 0 Å². The number of rotatable bonds is 5. The second-order valence-corrected chi connectivity index (χ2v) is 5.26. The maximum atomic E-state index is 10.5. The molecule has 1 atom stereocenters. The van der Waals surface area contributed by atoms with Crippen LogP contribution in [0.15, 0.2) is 36.4 Å². The van der Waals surface area contributed by atoms with Gasteiger partial charge in [-0.1, -0.05) is 23.8 Å². The van der Waals surface area contributed by atoms with Crippen molar-refractivity contribution in [1.82, 2.24) is 0 Å². The van der Waals surface area contributed by atoms with Crippen LogP contribution < -0.4 is 9.47 Å². The highest BCUT2D eigenvalue weighted by Gasteiger charge is 2.13. The van der Waals surface area contributed by atoms with Crippen molar-refractivity contribution in [2.45, 2.75) is 26.4 Å². The summed E-state index contributed by atoms with van der Waals surface area (Å²) >= 11 is 0. The van der Waals surface area contributed by atoms with Crippen molar-refractivity contribution in [2.75, 3.05) is 14.2 Å². The Labute approximate surface area is 126 Å². The molecule has 112 valence electrons. The number of hydrogen-bond acceptors (Lipinski definition) is 3. The van der Waals surface area contributed by atoms with Gasteiger partial charge >= 0.3 is 0 Å². The Morgan fingerprint density at radius 3 is 2.24 bits per heavy atom. The third kappa shape index (κ3) is 3.56. The van der Waals surface area contributed by atoms with Crippen molar-refractivity contribution >= 4 is 0 Å². The van der Waals surface area contributed by atoms with E-state index in [1.807, 2.05) is 44.2 Å². The lowest BCUT2D eigenvalue weighted by Crippen LogP contribution is -2.04. The molecule has 0 amide bonds. The highest BCUT2D eigenvalue weighted by molar-refractivity contribution is 5.40. The van der Waals surface area contributed by atoms with Crippen molar-refractivity contribution in [3.63, 3.8) is 0 Å². The molecule has 0 aliphatic rings. The van der Waals surface area contributed by atoms with E-state index >= 15 is 0 Å². The number of hydrogen-bond donors (Lipinski definition) is 1. The zero-order chi connectivity index (χ0) is 15.4. The number of aliphatic hydroxyl groups excluding tert-OH is 1. The second-order valence-electron chi connectivity index (χ2n) is 5.26. The molecule has 2 aromatic rings. The van der Waals surface area contributed by atoms with Gasteiger partial charge in [0.05, 0.1) is 20.3 Å². The molecular formula is C18H22O3. The van der Waals surface area contributed by atoms with E-state index in [1.54, 1.807) is 14.2 Å². The second kappa shape index (κ2) is 6.64. The zero-order valence-corrected chi connectivity index (χ0v) is 13.0. The van der Waals surface area contributed by atoms with Gasteiger partial charge in [0.25, 0.3) is 0 Å². The Kier molecular flexibility index (Phi) is 4.86. The lowest BCUT2D eigenvalue weighted by molar-refractivity contribution is 0.177. The summed E-state index contributed by atoms with van der Waals surface area (Å²) in [6, 6.07) is 11.8. The quantitative estimate of drug-likeness (QED) is 0.912. The van der Waals surface area contributed by atoms with E-state index < -0.39 is 6.10 Å². The fourth-order valence-corrected chi connectivity index (χ4v) is 2.50. The topological polar surface area (TPSA) is 38.7 Å². The van der Waals surface area contributed by atoms with Crippen LogP contribution in [-0.2, 0) is 6.42 Å². The maximum Gasteiger partial charge on any atom is 0.122 e. The predicted molar refractivity (Wildman–Crippen MR) is 84.1 cm³/mol. The smallest absolute Gasteiger partial charge is 0.122 e. The molecule has 0 aliphatic carbocycles. The Hall–Kier alpha value is -2.00. The Balaban J connectivity index is 2.23. The van der Waals surface area contributed by atoms with Crippen LogP contribution in [0.5, 0.6) is 11.5 Å². The predicted octanol–water partition coefficient (Wildman–Crippen LogP) is 3.60. The molecule has 0 aliphatic heterocycles. The molecule has 0 heterocycles. The Bertz CT molecular complexity index is 620. The maximum absolute atomic E-state index is 10.5. The van der Waals surface area contributed by atoms with E-state index in [2.05, 4.69) is 6.07 Å². The first kappa shape index (κ1) is 15.4. The first-order chi connectivity index (χ1) is 10.0. The summed E-state index contributed by atoms with van der Waals surface area (Å²) in [5.41, 5.74) is 4.07. The molecule has 3 nitrogen and oxygen atoms in total. The van der Waals surface area contributed by atoms with Gasteiger partial charge in [-0.25, -0.2) is 0 Å². The minimum atomic E-state index is -0.565. The molecule has 0 spiro atoms. The van der Waals surface area contributed by atoms with Crippen molar-refractivity contribution in [3.8, 4) is 11.5 Å². The molecule has 0 saturated carbocycles. The van der Waals surface area contributed by atoms with Crippen LogP contribution in [0.3, 0.4) is 0 Å². The van der Waals surface area contributed by atoms with Gasteiger partial charge in [-0.3, -0.25) is 0 Å². The molecule has 0 bridgehead atoms. The lowest BCUT2D eigenvalue weighted by Gasteiger charge is -2.16. The zero-order valence-electron chi connectivity index (χ0n) is 13.0. The van der Waals surface area contributed by atoms with Gasteiger partial charge in [0.15, 0.2) is 0 Å². The Morgan fingerprint density at radius 1 is 0.952 bits per heavy atom. The average molecular weight is 286 g/mol. The van der Waals surface area contributed by atoms with Gasteiger partial charge in [-0.2, -0.15) is 0 Å². The highest BCUT2D eigenvalue weighted by atomic mass is 16.5. The summed E-state index contributed by atoms with van der Waals surface area (Å²) in [5, 5.41) is 10.5. The van der Waals surface area contributed by atoms with E-state index in [0.29, 0.717) is 6.42 Å². The molecule has 2 aromatic carbocycles. The van der Waals surface area contributed by atoms with E-state index in [9.17, 15) is 5.11 Å². The minimum Gasteiger partial charge on any atom is -0.496 e. The number of ether oxygens (including phenoxy) is 2.